The third-order valence-corrected chi connectivity index (χ3v) is 4.83. The highest BCUT2D eigenvalue weighted by Gasteiger charge is 2.20. The van der Waals surface area contributed by atoms with Crippen molar-refractivity contribution in [3.05, 3.63) is 45.9 Å². The first-order valence-corrected chi connectivity index (χ1v) is 10.7. The molecule has 0 radical (unpaired) electrons. The van der Waals surface area contributed by atoms with Crippen LogP contribution in [-0.4, -0.2) is 47.3 Å². The predicted octanol–water partition coefficient (Wildman–Crippen LogP) is 3.14. The maximum absolute atomic E-state index is 12.8. The van der Waals surface area contributed by atoms with Crippen LogP contribution in [0.3, 0.4) is 0 Å². The third-order valence-electron chi connectivity index (χ3n) is 3.77. The quantitative estimate of drug-likeness (QED) is 0.539. The lowest BCUT2D eigenvalue weighted by Gasteiger charge is -2.24. The lowest BCUT2D eigenvalue weighted by atomic mass is 10.1. The molecule has 0 bridgehead atoms. The number of benzene rings is 1. The second-order valence-electron chi connectivity index (χ2n) is 6.91. The molecular formula is C20H25ClN4O4S. The molecule has 1 aromatic heterocycles. The van der Waals surface area contributed by atoms with Gasteiger partial charge in [0.15, 0.2) is 5.13 Å². The number of hydrogen-bond acceptors (Lipinski definition) is 6. The van der Waals surface area contributed by atoms with Crippen LogP contribution in [0, 0.1) is 5.92 Å². The molecule has 0 atom stereocenters. The molecule has 10 heteroatoms. The summed E-state index contributed by atoms with van der Waals surface area (Å²) >= 11 is 7.10. The van der Waals surface area contributed by atoms with E-state index in [1.54, 1.807) is 36.6 Å². The van der Waals surface area contributed by atoms with E-state index in [0.29, 0.717) is 34.6 Å². The Morgan fingerprint density at radius 1 is 1.20 bits per heavy atom. The molecule has 1 aromatic carbocycles. The zero-order valence-electron chi connectivity index (χ0n) is 17.1. The van der Waals surface area contributed by atoms with E-state index < -0.39 is 0 Å². The van der Waals surface area contributed by atoms with Gasteiger partial charge in [0, 0.05) is 22.5 Å². The highest BCUT2D eigenvalue weighted by molar-refractivity contribution is 7.13. The zero-order chi connectivity index (χ0) is 22.1. The van der Waals surface area contributed by atoms with Crippen LogP contribution in [0.2, 0.25) is 5.02 Å². The van der Waals surface area contributed by atoms with Gasteiger partial charge in [-0.1, -0.05) is 25.4 Å². The average molecular weight is 453 g/mol. The number of rotatable bonds is 10. The molecule has 2 N–H and O–H groups in total. The smallest absolute Gasteiger partial charge is 0.254 e. The van der Waals surface area contributed by atoms with E-state index in [1.807, 2.05) is 13.8 Å². The van der Waals surface area contributed by atoms with E-state index >= 15 is 0 Å². The van der Waals surface area contributed by atoms with E-state index in [4.69, 9.17) is 16.4 Å². The normalized spacial score (nSPS) is 10.7. The fourth-order valence-corrected chi connectivity index (χ4v) is 3.42. The second kappa shape index (κ2) is 11.6. The minimum Gasteiger partial charge on any atom is -0.329 e. The third kappa shape index (κ3) is 7.74. The van der Waals surface area contributed by atoms with Crippen molar-refractivity contribution in [3.63, 3.8) is 0 Å². The van der Waals surface area contributed by atoms with Crippen molar-refractivity contribution >= 4 is 45.8 Å². The first-order chi connectivity index (χ1) is 14.3. The van der Waals surface area contributed by atoms with Crippen molar-refractivity contribution in [2.45, 2.75) is 27.2 Å². The fourth-order valence-electron chi connectivity index (χ4n) is 2.57. The lowest BCUT2D eigenvalue weighted by molar-refractivity contribution is -0.132. The van der Waals surface area contributed by atoms with Gasteiger partial charge in [0.1, 0.15) is 6.54 Å². The first-order valence-electron chi connectivity index (χ1n) is 9.48. The van der Waals surface area contributed by atoms with Crippen molar-refractivity contribution in [1.29, 1.82) is 0 Å². The molecule has 0 fully saturated rings. The molecular weight excluding hydrogens is 428 g/mol. The molecule has 0 aliphatic rings. The van der Waals surface area contributed by atoms with Crippen LogP contribution in [0.5, 0.6) is 0 Å². The Hall–Kier alpha value is -2.49. The van der Waals surface area contributed by atoms with Crippen LogP contribution in [0.1, 0.15) is 36.8 Å². The molecule has 0 saturated carbocycles. The van der Waals surface area contributed by atoms with Gasteiger partial charge in [-0.2, -0.15) is 0 Å². The average Bonchev–Trinajstić information content (AvgIpc) is 3.12. The number of carbonyl (C=O) groups is 3. The minimum atomic E-state index is -0.363. The standard InChI is InChI=1S/C20H25ClN4O4S/c1-4-29-24-17(26)9-16-12-30-20(22-16)23-18(27)11-25(10-13(2)3)19(28)14-5-7-15(21)8-6-14/h5-8,12-13H,4,9-11H2,1-3H3,(H,24,26)(H,22,23,27). The summed E-state index contributed by atoms with van der Waals surface area (Å²) in [6.07, 6.45) is 0.0426. The summed E-state index contributed by atoms with van der Waals surface area (Å²) < 4.78 is 0. The van der Waals surface area contributed by atoms with Gasteiger partial charge in [-0.05, 0) is 37.1 Å². The number of hydroxylamine groups is 1. The Balaban J connectivity index is 1.98. The Kier molecular flexibility index (Phi) is 9.22. The van der Waals surface area contributed by atoms with Crippen LogP contribution in [0.15, 0.2) is 29.6 Å². The van der Waals surface area contributed by atoms with Gasteiger partial charge in [-0.3, -0.25) is 19.2 Å². The van der Waals surface area contributed by atoms with Crippen molar-refractivity contribution < 1.29 is 19.2 Å². The molecule has 0 spiro atoms. The molecule has 1 heterocycles. The van der Waals surface area contributed by atoms with Crippen LogP contribution in [0.25, 0.3) is 0 Å². The number of thiazole rings is 1. The Labute approximate surface area is 184 Å². The Morgan fingerprint density at radius 2 is 1.90 bits per heavy atom. The molecule has 0 saturated heterocycles. The SMILES string of the molecule is CCONC(=O)Cc1csc(NC(=O)CN(CC(C)C)C(=O)c2ccc(Cl)cc2)n1. The molecule has 30 heavy (non-hydrogen) atoms. The number of anilines is 1. The molecule has 2 aromatic rings. The summed E-state index contributed by atoms with van der Waals surface area (Å²) in [5.41, 5.74) is 3.27. The predicted molar refractivity (Wildman–Crippen MR) is 116 cm³/mol. The topological polar surface area (TPSA) is 101 Å². The van der Waals surface area contributed by atoms with Gasteiger partial charge in [-0.25, -0.2) is 10.5 Å². The Bertz CT molecular complexity index is 870. The largest absolute Gasteiger partial charge is 0.329 e. The number of aromatic nitrogens is 1. The van der Waals surface area contributed by atoms with Crippen molar-refractivity contribution in [3.8, 4) is 0 Å². The summed E-state index contributed by atoms with van der Waals surface area (Å²) in [7, 11) is 0. The molecule has 0 unspecified atom stereocenters. The fraction of sp³-hybridized carbons (Fsp3) is 0.400. The molecule has 3 amide bonds. The number of hydrogen-bond donors (Lipinski definition) is 2. The first kappa shape index (κ1) is 23.8. The highest BCUT2D eigenvalue weighted by atomic mass is 35.5. The monoisotopic (exact) mass is 452 g/mol. The number of halogens is 1. The van der Waals surface area contributed by atoms with Gasteiger partial charge < -0.3 is 10.2 Å². The molecule has 0 aliphatic carbocycles. The van der Waals surface area contributed by atoms with Crippen molar-refractivity contribution in [2.75, 3.05) is 25.0 Å². The zero-order valence-corrected chi connectivity index (χ0v) is 18.7. The summed E-state index contributed by atoms with van der Waals surface area (Å²) in [5.74, 6) is -0.748. The van der Waals surface area contributed by atoms with E-state index in [9.17, 15) is 14.4 Å². The maximum Gasteiger partial charge on any atom is 0.254 e. The summed E-state index contributed by atoms with van der Waals surface area (Å²) in [6.45, 7) is 6.39. The number of carbonyl (C=O) groups excluding carboxylic acids is 3. The van der Waals surface area contributed by atoms with E-state index in [2.05, 4.69) is 15.8 Å². The van der Waals surface area contributed by atoms with Gasteiger partial charge in [0.25, 0.3) is 5.91 Å². The van der Waals surface area contributed by atoms with E-state index in [1.165, 1.54) is 16.2 Å². The van der Waals surface area contributed by atoms with Crippen LogP contribution < -0.4 is 10.8 Å². The number of nitrogens with one attached hydrogen (secondary N) is 2. The second-order valence-corrected chi connectivity index (χ2v) is 8.21. The maximum atomic E-state index is 12.8. The lowest BCUT2D eigenvalue weighted by Crippen LogP contribution is -2.40. The van der Waals surface area contributed by atoms with Gasteiger partial charge in [0.2, 0.25) is 11.8 Å². The summed E-state index contributed by atoms with van der Waals surface area (Å²) in [4.78, 5) is 47.6. The van der Waals surface area contributed by atoms with Crippen LogP contribution in [-0.2, 0) is 20.8 Å². The van der Waals surface area contributed by atoms with Gasteiger partial charge >= 0.3 is 0 Å². The van der Waals surface area contributed by atoms with Crippen LogP contribution >= 0.6 is 22.9 Å². The van der Waals surface area contributed by atoms with Gasteiger partial charge in [0.05, 0.1) is 18.7 Å². The molecule has 8 nitrogen and oxygen atoms in total. The molecule has 2 rings (SSSR count). The summed E-state index contributed by atoms with van der Waals surface area (Å²) in [5, 5.41) is 5.27. The molecule has 162 valence electrons. The van der Waals surface area contributed by atoms with Crippen LogP contribution in [0.4, 0.5) is 5.13 Å². The number of amides is 3. The highest BCUT2D eigenvalue weighted by Crippen LogP contribution is 2.17. The Morgan fingerprint density at radius 3 is 2.53 bits per heavy atom. The van der Waals surface area contributed by atoms with E-state index in [0.717, 1.165) is 0 Å². The van der Waals surface area contributed by atoms with Crippen molar-refractivity contribution in [1.82, 2.24) is 15.4 Å². The molecule has 0 aliphatic heterocycles. The number of nitrogens with zero attached hydrogens (tertiary/aromatic N) is 2. The van der Waals surface area contributed by atoms with E-state index in [-0.39, 0.29) is 36.6 Å². The van der Waals surface area contributed by atoms with Gasteiger partial charge in [-0.15, -0.1) is 11.3 Å². The van der Waals surface area contributed by atoms with Crippen molar-refractivity contribution in [2.24, 2.45) is 5.92 Å². The minimum absolute atomic E-state index is 0.0426. The summed E-state index contributed by atoms with van der Waals surface area (Å²) in [6, 6.07) is 6.55.